The predicted octanol–water partition coefficient (Wildman–Crippen LogP) is 5.35. The van der Waals surface area contributed by atoms with Crippen LogP contribution in [0.4, 0.5) is 0 Å². The van der Waals surface area contributed by atoms with Gasteiger partial charge in [-0.3, -0.25) is 15.0 Å². The molecule has 129 valence electrons. The third-order valence-electron chi connectivity index (χ3n) is 5.17. The van der Waals surface area contributed by atoms with Crippen LogP contribution in [0.1, 0.15) is 0 Å². The number of hydrogen-bond donors (Lipinski definition) is 0. The van der Waals surface area contributed by atoms with Gasteiger partial charge < -0.3 is 0 Å². The van der Waals surface area contributed by atoms with E-state index in [4.69, 9.17) is 0 Å². The Morgan fingerprint density at radius 3 is 2.50 bits per heavy atom. The fourth-order valence-electron chi connectivity index (χ4n) is 3.85. The van der Waals surface area contributed by atoms with Crippen LogP contribution in [0.2, 0.25) is 0 Å². The van der Waals surface area contributed by atoms with Crippen LogP contribution in [0.15, 0.2) is 79.4 Å². The van der Waals surface area contributed by atoms with Gasteiger partial charge in [-0.05, 0) is 41.1 Å². The first-order chi connectivity index (χ1) is 13.9. The standard InChI is InChI=1S/C24H13N4/c1-3-17-11-19(18-4-2-9-27-24(18)23(17)26-8-1)22-12-16-6-5-15-7-10-25-13-20(15)21(16)14-28-22/h1-13H. The maximum absolute atomic E-state index is 4.68. The lowest BCUT2D eigenvalue weighted by molar-refractivity contribution is 1.33. The molecule has 4 heteroatoms. The normalized spacial score (nSPS) is 11.6. The summed E-state index contributed by atoms with van der Waals surface area (Å²) in [7, 11) is 0. The fraction of sp³-hybridized carbons (Fsp3) is 0. The molecule has 6 rings (SSSR count). The lowest BCUT2D eigenvalue weighted by atomic mass is 9.99. The second-order valence-electron chi connectivity index (χ2n) is 6.78. The first kappa shape index (κ1) is 15.2. The first-order valence-corrected chi connectivity index (χ1v) is 9.06. The number of pyridine rings is 4. The van der Waals surface area contributed by atoms with Crippen molar-refractivity contribution in [3.05, 3.63) is 85.6 Å². The molecule has 4 nitrogen and oxygen atoms in total. The fourth-order valence-corrected chi connectivity index (χ4v) is 3.85. The summed E-state index contributed by atoms with van der Waals surface area (Å²) in [5.41, 5.74) is 3.71. The molecule has 0 unspecified atom stereocenters. The topological polar surface area (TPSA) is 51.6 Å². The summed E-state index contributed by atoms with van der Waals surface area (Å²) in [5, 5.41) is 6.37. The van der Waals surface area contributed by atoms with Crippen molar-refractivity contribution in [2.75, 3.05) is 0 Å². The van der Waals surface area contributed by atoms with E-state index in [2.05, 4.69) is 62.5 Å². The summed E-state index contributed by atoms with van der Waals surface area (Å²) in [6.45, 7) is 0. The molecule has 0 atom stereocenters. The van der Waals surface area contributed by atoms with E-state index in [0.717, 1.165) is 54.6 Å². The summed E-state index contributed by atoms with van der Waals surface area (Å²) >= 11 is 0. The maximum atomic E-state index is 4.68. The molecule has 0 aliphatic heterocycles. The van der Waals surface area contributed by atoms with Crippen LogP contribution in [0.25, 0.3) is 54.6 Å². The summed E-state index contributed by atoms with van der Waals surface area (Å²) in [6.07, 6.45) is 10.5. The van der Waals surface area contributed by atoms with Gasteiger partial charge >= 0.3 is 0 Å². The van der Waals surface area contributed by atoms with Crippen molar-refractivity contribution in [3.63, 3.8) is 0 Å². The minimum atomic E-state index is 0.875. The van der Waals surface area contributed by atoms with E-state index >= 15 is 0 Å². The summed E-state index contributed by atoms with van der Waals surface area (Å²) in [6, 6.07) is 18.5. The van der Waals surface area contributed by atoms with Gasteiger partial charge in [-0.2, -0.15) is 0 Å². The second-order valence-corrected chi connectivity index (χ2v) is 6.78. The summed E-state index contributed by atoms with van der Waals surface area (Å²) < 4.78 is 0. The van der Waals surface area contributed by atoms with Crippen molar-refractivity contribution in [1.82, 2.24) is 19.9 Å². The summed E-state index contributed by atoms with van der Waals surface area (Å²) in [4.78, 5) is 18.1. The minimum Gasteiger partial charge on any atom is -0.264 e. The number of nitrogens with zero attached hydrogens (tertiary/aromatic N) is 4. The van der Waals surface area contributed by atoms with Gasteiger partial charge in [0.1, 0.15) is 0 Å². The number of benzene rings is 2. The van der Waals surface area contributed by atoms with Crippen LogP contribution in [0, 0.1) is 6.20 Å². The van der Waals surface area contributed by atoms with E-state index < -0.39 is 0 Å². The van der Waals surface area contributed by atoms with Crippen LogP contribution < -0.4 is 0 Å². The van der Waals surface area contributed by atoms with Gasteiger partial charge in [0, 0.05) is 51.9 Å². The van der Waals surface area contributed by atoms with Crippen LogP contribution in [-0.2, 0) is 0 Å². The highest BCUT2D eigenvalue weighted by atomic mass is 14.7. The Bertz CT molecular complexity index is 1520. The van der Waals surface area contributed by atoms with E-state index in [0.29, 0.717) is 0 Å². The molecule has 0 bridgehead atoms. The van der Waals surface area contributed by atoms with Crippen LogP contribution in [0.5, 0.6) is 0 Å². The minimum absolute atomic E-state index is 0.875. The molecule has 4 heterocycles. The van der Waals surface area contributed by atoms with Crippen LogP contribution in [0.3, 0.4) is 0 Å². The second kappa shape index (κ2) is 5.79. The van der Waals surface area contributed by atoms with Crippen molar-refractivity contribution in [2.24, 2.45) is 0 Å². The summed E-state index contributed by atoms with van der Waals surface area (Å²) in [5.74, 6) is 0. The highest BCUT2D eigenvalue weighted by molar-refractivity contribution is 6.11. The van der Waals surface area contributed by atoms with E-state index in [-0.39, 0.29) is 0 Å². The quantitative estimate of drug-likeness (QED) is 0.372. The zero-order valence-corrected chi connectivity index (χ0v) is 14.8. The molecular weight excluding hydrogens is 344 g/mol. The Morgan fingerprint density at radius 1 is 0.679 bits per heavy atom. The SMILES string of the molecule is [c]1nc(-c2cc3cccnc3c3ncccc23)cc2ccc3ccncc3c12. The van der Waals surface area contributed by atoms with Crippen molar-refractivity contribution >= 4 is 43.4 Å². The molecule has 0 saturated heterocycles. The average molecular weight is 357 g/mol. The molecule has 0 spiro atoms. The molecule has 0 N–H and O–H groups in total. The zero-order chi connectivity index (χ0) is 18.5. The predicted molar refractivity (Wildman–Crippen MR) is 112 cm³/mol. The molecule has 0 aliphatic rings. The Balaban J connectivity index is 1.68. The molecule has 6 aromatic rings. The number of rotatable bonds is 1. The highest BCUT2D eigenvalue weighted by Crippen LogP contribution is 2.34. The molecule has 1 radical (unpaired) electrons. The van der Waals surface area contributed by atoms with Gasteiger partial charge in [-0.25, -0.2) is 4.98 Å². The number of fused-ring (bicyclic) bond motifs is 6. The Kier molecular flexibility index (Phi) is 3.14. The van der Waals surface area contributed by atoms with Crippen molar-refractivity contribution < 1.29 is 0 Å². The monoisotopic (exact) mass is 357 g/mol. The average Bonchev–Trinajstić information content (AvgIpc) is 2.78. The first-order valence-electron chi connectivity index (χ1n) is 9.06. The number of aromatic nitrogens is 4. The van der Waals surface area contributed by atoms with Crippen LogP contribution in [-0.4, -0.2) is 19.9 Å². The van der Waals surface area contributed by atoms with Gasteiger partial charge in [-0.15, -0.1) is 0 Å². The molecule has 2 aromatic carbocycles. The van der Waals surface area contributed by atoms with E-state index in [1.165, 1.54) is 0 Å². The molecule has 0 saturated carbocycles. The molecule has 4 aromatic heterocycles. The van der Waals surface area contributed by atoms with E-state index in [1.807, 2.05) is 24.4 Å². The number of hydrogen-bond acceptors (Lipinski definition) is 4. The molecule has 0 amide bonds. The Hall–Kier alpha value is -3.92. The maximum Gasteiger partial charge on any atom is 0.0985 e. The van der Waals surface area contributed by atoms with Gasteiger partial charge in [0.05, 0.1) is 22.9 Å². The Labute approximate surface area is 160 Å². The van der Waals surface area contributed by atoms with E-state index in [1.54, 1.807) is 18.6 Å². The van der Waals surface area contributed by atoms with Gasteiger partial charge in [0.15, 0.2) is 0 Å². The van der Waals surface area contributed by atoms with Gasteiger partial charge in [-0.1, -0.05) is 24.3 Å². The zero-order valence-electron chi connectivity index (χ0n) is 14.8. The Morgan fingerprint density at radius 2 is 1.54 bits per heavy atom. The molecule has 0 aliphatic carbocycles. The third-order valence-corrected chi connectivity index (χ3v) is 5.17. The van der Waals surface area contributed by atoms with Crippen molar-refractivity contribution in [3.8, 4) is 11.3 Å². The van der Waals surface area contributed by atoms with Crippen LogP contribution >= 0.6 is 0 Å². The smallest absolute Gasteiger partial charge is 0.0985 e. The van der Waals surface area contributed by atoms with E-state index in [9.17, 15) is 0 Å². The molecule has 28 heavy (non-hydrogen) atoms. The largest absolute Gasteiger partial charge is 0.264 e. The lowest BCUT2D eigenvalue weighted by Gasteiger charge is -2.10. The lowest BCUT2D eigenvalue weighted by Crippen LogP contribution is -1.91. The van der Waals surface area contributed by atoms with Crippen molar-refractivity contribution in [1.29, 1.82) is 0 Å². The molecule has 0 fully saturated rings. The third kappa shape index (κ3) is 2.18. The highest BCUT2D eigenvalue weighted by Gasteiger charge is 2.12. The van der Waals surface area contributed by atoms with Crippen molar-refractivity contribution in [2.45, 2.75) is 0 Å². The van der Waals surface area contributed by atoms with Gasteiger partial charge in [0.25, 0.3) is 0 Å². The molecular formula is C24H13N4. The van der Waals surface area contributed by atoms with Gasteiger partial charge in [0.2, 0.25) is 0 Å².